The second kappa shape index (κ2) is 7.57. The maximum atomic E-state index is 13.4. The molecule has 0 aliphatic rings. The van der Waals surface area contributed by atoms with Gasteiger partial charge < -0.3 is 15.3 Å². The number of fused-ring (bicyclic) bond motifs is 1. The van der Waals surface area contributed by atoms with E-state index in [4.69, 9.17) is 0 Å². The summed E-state index contributed by atoms with van der Waals surface area (Å²) in [4.78, 5) is 28.8. The largest absolute Gasteiger partial charge is 0.348 e. The Kier molecular flexibility index (Phi) is 4.61. The number of imidazole rings is 2. The third-order valence-electron chi connectivity index (χ3n) is 4.62. The van der Waals surface area contributed by atoms with E-state index >= 15 is 0 Å². The highest BCUT2D eigenvalue weighted by atomic mass is 32.1. The molecule has 0 saturated heterocycles. The molecule has 8 heteroatoms. The summed E-state index contributed by atoms with van der Waals surface area (Å²) in [6.07, 6.45) is 3.42. The Morgan fingerprint density at radius 3 is 2.87 bits per heavy atom. The second-order valence-electron chi connectivity index (χ2n) is 6.79. The molecule has 0 radical (unpaired) electrons. The van der Waals surface area contributed by atoms with Crippen LogP contribution in [0.2, 0.25) is 0 Å². The van der Waals surface area contributed by atoms with Crippen LogP contribution in [0.5, 0.6) is 0 Å². The van der Waals surface area contributed by atoms with E-state index in [1.54, 1.807) is 29.9 Å². The Bertz CT molecular complexity index is 1340. The third-order valence-corrected chi connectivity index (χ3v) is 5.76. The number of carbonyl (C=O) groups is 1. The summed E-state index contributed by atoms with van der Waals surface area (Å²) in [5, 5.41) is 2.92. The SMILES string of the molecule is O=C(Cc1cnc[nH]1)Nc1cccc(-c2ccc(-c3nc4ccc(F)cc4[nH]3)s2)c1. The predicted octanol–water partition coefficient (Wildman–Crippen LogP) is 5.00. The van der Waals surface area contributed by atoms with Crippen molar-refractivity contribution in [2.75, 3.05) is 5.32 Å². The average Bonchev–Trinajstić information content (AvgIpc) is 3.48. The number of H-pyrrole nitrogens is 2. The van der Waals surface area contributed by atoms with Crippen molar-refractivity contribution in [3.63, 3.8) is 0 Å². The molecule has 5 aromatic rings. The van der Waals surface area contributed by atoms with Crippen LogP contribution in [0.1, 0.15) is 5.69 Å². The molecule has 0 fully saturated rings. The van der Waals surface area contributed by atoms with Gasteiger partial charge in [0.05, 0.1) is 28.7 Å². The molecule has 0 unspecified atom stereocenters. The first-order valence-corrected chi connectivity index (χ1v) is 10.1. The number of aromatic amines is 2. The molecule has 30 heavy (non-hydrogen) atoms. The molecule has 0 saturated carbocycles. The smallest absolute Gasteiger partial charge is 0.230 e. The molecular weight excluding hydrogens is 401 g/mol. The maximum Gasteiger partial charge on any atom is 0.230 e. The normalized spacial score (nSPS) is 11.1. The summed E-state index contributed by atoms with van der Waals surface area (Å²) in [6, 6.07) is 16.2. The molecule has 3 aromatic heterocycles. The van der Waals surface area contributed by atoms with Gasteiger partial charge in [0.15, 0.2) is 0 Å². The second-order valence-corrected chi connectivity index (χ2v) is 7.88. The van der Waals surface area contributed by atoms with Gasteiger partial charge in [-0.1, -0.05) is 12.1 Å². The standard InChI is InChI=1S/C22H16FN5OS/c23-14-4-5-17-18(9-14)28-22(27-17)20-7-6-19(30-20)13-2-1-3-15(8-13)26-21(29)10-16-11-24-12-25-16/h1-9,11-12H,10H2,(H,24,25)(H,26,29)(H,27,28). The number of benzene rings is 2. The lowest BCUT2D eigenvalue weighted by Gasteiger charge is -2.06. The zero-order valence-electron chi connectivity index (χ0n) is 15.6. The number of thiophene rings is 1. The zero-order valence-corrected chi connectivity index (χ0v) is 16.5. The minimum absolute atomic E-state index is 0.113. The van der Waals surface area contributed by atoms with Crippen LogP contribution in [-0.2, 0) is 11.2 Å². The Balaban J connectivity index is 1.36. The third kappa shape index (κ3) is 3.72. The van der Waals surface area contributed by atoms with Gasteiger partial charge in [-0.25, -0.2) is 14.4 Å². The number of nitrogens with one attached hydrogen (secondary N) is 3. The molecule has 0 aliphatic carbocycles. The maximum absolute atomic E-state index is 13.4. The Labute approximate surface area is 174 Å². The number of nitrogens with zero attached hydrogens (tertiary/aromatic N) is 2. The summed E-state index contributed by atoms with van der Waals surface area (Å²) in [6.45, 7) is 0. The summed E-state index contributed by atoms with van der Waals surface area (Å²) < 4.78 is 13.4. The van der Waals surface area contributed by atoms with E-state index in [1.165, 1.54) is 12.1 Å². The van der Waals surface area contributed by atoms with Crippen molar-refractivity contribution in [3.05, 3.63) is 78.6 Å². The van der Waals surface area contributed by atoms with Gasteiger partial charge >= 0.3 is 0 Å². The quantitative estimate of drug-likeness (QED) is 0.376. The molecule has 3 heterocycles. The van der Waals surface area contributed by atoms with Gasteiger partial charge in [0, 0.05) is 22.5 Å². The van der Waals surface area contributed by atoms with Gasteiger partial charge in [0.25, 0.3) is 0 Å². The van der Waals surface area contributed by atoms with Crippen molar-refractivity contribution < 1.29 is 9.18 Å². The number of carbonyl (C=O) groups excluding carboxylic acids is 1. The number of anilines is 1. The molecule has 1 amide bonds. The minimum atomic E-state index is -0.295. The van der Waals surface area contributed by atoms with Crippen LogP contribution in [-0.4, -0.2) is 25.8 Å². The van der Waals surface area contributed by atoms with Crippen LogP contribution in [0.4, 0.5) is 10.1 Å². The average molecular weight is 417 g/mol. The fourth-order valence-electron chi connectivity index (χ4n) is 3.23. The molecule has 3 N–H and O–H groups in total. The van der Waals surface area contributed by atoms with Crippen molar-refractivity contribution in [1.29, 1.82) is 0 Å². The van der Waals surface area contributed by atoms with E-state index in [9.17, 15) is 9.18 Å². The highest BCUT2D eigenvalue weighted by molar-refractivity contribution is 7.18. The summed E-state index contributed by atoms with van der Waals surface area (Å²) in [7, 11) is 0. The molecular formula is C22H16FN5OS. The van der Waals surface area contributed by atoms with Gasteiger partial charge in [-0.05, 0) is 48.0 Å². The fourth-order valence-corrected chi connectivity index (χ4v) is 4.18. The molecule has 0 bridgehead atoms. The van der Waals surface area contributed by atoms with Crippen LogP contribution in [0.15, 0.2) is 67.1 Å². The number of aromatic nitrogens is 4. The van der Waals surface area contributed by atoms with Gasteiger partial charge in [-0.2, -0.15) is 0 Å². The van der Waals surface area contributed by atoms with Gasteiger partial charge in [0.1, 0.15) is 11.6 Å². The number of amides is 1. The van der Waals surface area contributed by atoms with E-state index in [0.29, 0.717) is 11.3 Å². The van der Waals surface area contributed by atoms with Crippen LogP contribution < -0.4 is 5.32 Å². The van der Waals surface area contributed by atoms with E-state index in [0.717, 1.165) is 32.2 Å². The molecule has 5 rings (SSSR count). The number of rotatable bonds is 5. The first-order chi connectivity index (χ1) is 14.6. The Morgan fingerprint density at radius 2 is 2.00 bits per heavy atom. The van der Waals surface area contributed by atoms with E-state index in [2.05, 4.69) is 25.3 Å². The van der Waals surface area contributed by atoms with Gasteiger partial charge in [0.2, 0.25) is 5.91 Å². The lowest BCUT2D eigenvalue weighted by molar-refractivity contribution is -0.115. The number of hydrogen-bond donors (Lipinski definition) is 3. The van der Waals surface area contributed by atoms with Crippen molar-refractivity contribution in [2.24, 2.45) is 0 Å². The molecule has 2 aromatic carbocycles. The summed E-state index contributed by atoms with van der Waals surface area (Å²) >= 11 is 1.58. The van der Waals surface area contributed by atoms with Gasteiger partial charge in [-0.3, -0.25) is 4.79 Å². The molecule has 0 aliphatic heterocycles. The van der Waals surface area contributed by atoms with Crippen molar-refractivity contribution in [1.82, 2.24) is 19.9 Å². The topological polar surface area (TPSA) is 86.5 Å². The molecule has 148 valence electrons. The monoisotopic (exact) mass is 417 g/mol. The van der Waals surface area contributed by atoms with Crippen LogP contribution in [0, 0.1) is 5.82 Å². The van der Waals surface area contributed by atoms with E-state index in [-0.39, 0.29) is 18.1 Å². The van der Waals surface area contributed by atoms with Crippen molar-refractivity contribution in [3.8, 4) is 21.1 Å². The first-order valence-electron chi connectivity index (χ1n) is 9.27. The van der Waals surface area contributed by atoms with Crippen molar-refractivity contribution >= 4 is 34.0 Å². The van der Waals surface area contributed by atoms with Gasteiger partial charge in [-0.15, -0.1) is 11.3 Å². The highest BCUT2D eigenvalue weighted by Gasteiger charge is 2.11. The van der Waals surface area contributed by atoms with Crippen LogP contribution in [0.3, 0.4) is 0 Å². The molecule has 6 nitrogen and oxygen atoms in total. The first kappa shape index (κ1) is 18.3. The summed E-state index contributed by atoms with van der Waals surface area (Å²) in [5.41, 5.74) is 3.88. The molecule has 0 spiro atoms. The predicted molar refractivity (Wildman–Crippen MR) is 116 cm³/mol. The zero-order chi connectivity index (χ0) is 20.5. The van der Waals surface area contributed by atoms with E-state index in [1.807, 2.05) is 36.4 Å². The fraction of sp³-hybridized carbons (Fsp3) is 0.0455. The van der Waals surface area contributed by atoms with Crippen molar-refractivity contribution in [2.45, 2.75) is 6.42 Å². The lowest BCUT2D eigenvalue weighted by atomic mass is 10.1. The molecule has 0 atom stereocenters. The summed E-state index contributed by atoms with van der Waals surface area (Å²) in [5.74, 6) is 0.296. The van der Waals surface area contributed by atoms with E-state index < -0.39 is 0 Å². The van der Waals surface area contributed by atoms with Crippen LogP contribution in [0.25, 0.3) is 32.2 Å². The highest BCUT2D eigenvalue weighted by Crippen LogP contribution is 2.35. The minimum Gasteiger partial charge on any atom is -0.348 e. The lowest BCUT2D eigenvalue weighted by Crippen LogP contribution is -2.14. The van der Waals surface area contributed by atoms with Crippen LogP contribution >= 0.6 is 11.3 Å². The number of hydrogen-bond acceptors (Lipinski definition) is 4. The Morgan fingerprint density at radius 1 is 1.10 bits per heavy atom. The number of halogens is 1. The Hall–Kier alpha value is -3.78.